The standard InChI is InChI=1S/C21H29N5O4S/c1-25(2)20-12-15(23-21(24-20)17-6-4-5-9-22-17)14-26(3)31(27,28)16-7-8-18-19(13-16)30-11-10-29-18/h7-8,12-13,17,22H,4-6,9-11,14H2,1-3H3/t17-/m0/s1. The SMILES string of the molecule is CN(C)c1cc(CN(C)S(=O)(=O)c2ccc3c(c2)OCCO3)nc([C@@H]2CCCCN2)n1. The molecule has 0 spiro atoms. The average Bonchev–Trinajstić information content (AvgIpc) is 2.79. The number of hydrogen-bond donors (Lipinski definition) is 1. The molecule has 1 aromatic heterocycles. The molecule has 10 heteroatoms. The topological polar surface area (TPSA) is 96.9 Å². The number of ether oxygens (including phenoxy) is 2. The largest absolute Gasteiger partial charge is 0.486 e. The highest BCUT2D eigenvalue weighted by atomic mass is 32.2. The zero-order chi connectivity index (χ0) is 22.0. The van der Waals surface area contributed by atoms with Crippen molar-refractivity contribution in [3.63, 3.8) is 0 Å². The summed E-state index contributed by atoms with van der Waals surface area (Å²) in [5.41, 5.74) is 0.657. The number of fused-ring (bicyclic) bond motifs is 1. The lowest BCUT2D eigenvalue weighted by molar-refractivity contribution is 0.171. The van der Waals surface area contributed by atoms with Gasteiger partial charge < -0.3 is 19.7 Å². The summed E-state index contributed by atoms with van der Waals surface area (Å²) in [6.07, 6.45) is 3.25. The normalized spacial score (nSPS) is 18.8. The molecule has 2 aromatic rings. The summed E-state index contributed by atoms with van der Waals surface area (Å²) in [5, 5.41) is 3.47. The Hall–Kier alpha value is -2.43. The molecule has 0 unspecified atom stereocenters. The molecule has 1 fully saturated rings. The number of nitrogens with zero attached hydrogens (tertiary/aromatic N) is 4. The highest BCUT2D eigenvalue weighted by Gasteiger charge is 2.26. The van der Waals surface area contributed by atoms with Crippen molar-refractivity contribution in [1.82, 2.24) is 19.6 Å². The first-order valence-electron chi connectivity index (χ1n) is 10.5. The van der Waals surface area contributed by atoms with Gasteiger partial charge in [-0.2, -0.15) is 4.31 Å². The molecule has 3 heterocycles. The van der Waals surface area contributed by atoms with Gasteiger partial charge in [-0.25, -0.2) is 18.4 Å². The molecule has 168 valence electrons. The van der Waals surface area contributed by atoms with Crippen molar-refractivity contribution in [1.29, 1.82) is 0 Å². The first-order chi connectivity index (χ1) is 14.8. The Morgan fingerprint density at radius 2 is 1.84 bits per heavy atom. The van der Waals surface area contributed by atoms with Crippen LogP contribution < -0.4 is 19.7 Å². The molecule has 0 bridgehead atoms. The third-order valence-corrected chi connectivity index (χ3v) is 7.27. The number of sulfonamides is 1. The van der Waals surface area contributed by atoms with Crippen molar-refractivity contribution in [2.24, 2.45) is 0 Å². The first kappa shape index (κ1) is 21.8. The van der Waals surface area contributed by atoms with Crippen LogP contribution in [0.4, 0.5) is 5.82 Å². The lowest BCUT2D eigenvalue weighted by Gasteiger charge is -2.25. The van der Waals surface area contributed by atoms with Crippen LogP contribution in [0.1, 0.15) is 36.8 Å². The van der Waals surface area contributed by atoms with Gasteiger partial charge in [0.05, 0.1) is 23.2 Å². The fourth-order valence-electron chi connectivity index (χ4n) is 3.72. The van der Waals surface area contributed by atoms with Gasteiger partial charge in [-0.15, -0.1) is 0 Å². The van der Waals surface area contributed by atoms with Crippen molar-refractivity contribution in [2.75, 3.05) is 45.8 Å². The number of hydrogen-bond acceptors (Lipinski definition) is 8. The van der Waals surface area contributed by atoms with Gasteiger partial charge >= 0.3 is 0 Å². The van der Waals surface area contributed by atoms with E-state index in [1.165, 1.54) is 10.4 Å². The summed E-state index contributed by atoms with van der Waals surface area (Å²) >= 11 is 0. The molecule has 2 aliphatic heterocycles. The van der Waals surface area contributed by atoms with E-state index in [-0.39, 0.29) is 17.5 Å². The maximum atomic E-state index is 13.2. The smallest absolute Gasteiger partial charge is 0.243 e. The van der Waals surface area contributed by atoms with Crippen LogP contribution in [-0.4, -0.2) is 63.6 Å². The van der Waals surface area contributed by atoms with Crippen LogP contribution in [0.15, 0.2) is 29.2 Å². The van der Waals surface area contributed by atoms with Crippen LogP contribution >= 0.6 is 0 Å². The Morgan fingerprint density at radius 1 is 1.06 bits per heavy atom. The zero-order valence-electron chi connectivity index (χ0n) is 18.2. The summed E-state index contributed by atoms with van der Waals surface area (Å²) in [6, 6.07) is 6.62. The maximum Gasteiger partial charge on any atom is 0.243 e. The van der Waals surface area contributed by atoms with E-state index in [9.17, 15) is 8.42 Å². The van der Waals surface area contributed by atoms with E-state index in [4.69, 9.17) is 14.5 Å². The van der Waals surface area contributed by atoms with Crippen LogP contribution in [0, 0.1) is 0 Å². The molecule has 1 aromatic carbocycles. The summed E-state index contributed by atoms with van der Waals surface area (Å²) in [7, 11) is 1.66. The molecule has 9 nitrogen and oxygen atoms in total. The van der Waals surface area contributed by atoms with Crippen molar-refractivity contribution < 1.29 is 17.9 Å². The zero-order valence-corrected chi connectivity index (χ0v) is 19.0. The molecular formula is C21H29N5O4S. The molecule has 0 aliphatic carbocycles. The van der Waals surface area contributed by atoms with Gasteiger partial charge in [-0.05, 0) is 31.5 Å². The van der Waals surface area contributed by atoms with Gasteiger partial charge in [0, 0.05) is 33.3 Å². The van der Waals surface area contributed by atoms with E-state index in [0.717, 1.165) is 31.6 Å². The van der Waals surface area contributed by atoms with E-state index in [2.05, 4.69) is 10.3 Å². The van der Waals surface area contributed by atoms with Gasteiger partial charge in [0.1, 0.15) is 24.9 Å². The van der Waals surface area contributed by atoms with Crippen LogP contribution in [0.5, 0.6) is 11.5 Å². The van der Waals surface area contributed by atoms with E-state index in [0.29, 0.717) is 36.2 Å². The summed E-state index contributed by atoms with van der Waals surface area (Å²) < 4.78 is 38.7. The van der Waals surface area contributed by atoms with Crippen molar-refractivity contribution in [3.05, 3.63) is 35.8 Å². The second-order valence-corrected chi connectivity index (χ2v) is 10.1. The van der Waals surface area contributed by atoms with E-state index in [1.807, 2.05) is 25.1 Å². The van der Waals surface area contributed by atoms with Gasteiger partial charge in [0.15, 0.2) is 11.5 Å². The average molecular weight is 448 g/mol. The highest BCUT2D eigenvalue weighted by Crippen LogP contribution is 2.33. The summed E-state index contributed by atoms with van der Waals surface area (Å²) in [5.74, 6) is 2.48. The quantitative estimate of drug-likeness (QED) is 0.718. The lowest BCUT2D eigenvalue weighted by atomic mass is 10.0. The number of rotatable bonds is 6. The van der Waals surface area contributed by atoms with E-state index < -0.39 is 10.0 Å². The van der Waals surface area contributed by atoms with E-state index >= 15 is 0 Å². The molecule has 2 aliphatic rings. The van der Waals surface area contributed by atoms with Crippen LogP contribution in [0.2, 0.25) is 0 Å². The van der Waals surface area contributed by atoms with Gasteiger partial charge in [-0.3, -0.25) is 0 Å². The Balaban J connectivity index is 1.59. The highest BCUT2D eigenvalue weighted by molar-refractivity contribution is 7.89. The number of benzene rings is 1. The Bertz CT molecular complexity index is 1040. The molecule has 1 N–H and O–H groups in total. The van der Waals surface area contributed by atoms with Crippen LogP contribution in [0.25, 0.3) is 0 Å². The number of piperidine rings is 1. The Labute approximate surface area is 183 Å². The van der Waals surface area contributed by atoms with Crippen molar-refractivity contribution in [3.8, 4) is 11.5 Å². The number of nitrogens with one attached hydrogen (secondary N) is 1. The van der Waals surface area contributed by atoms with Crippen LogP contribution in [-0.2, 0) is 16.6 Å². The number of aromatic nitrogens is 2. The predicted molar refractivity (Wildman–Crippen MR) is 117 cm³/mol. The maximum absolute atomic E-state index is 13.2. The Morgan fingerprint density at radius 3 is 2.55 bits per heavy atom. The number of anilines is 1. The first-order valence-corrected chi connectivity index (χ1v) is 11.9. The van der Waals surface area contributed by atoms with Crippen molar-refractivity contribution >= 4 is 15.8 Å². The van der Waals surface area contributed by atoms with Crippen LogP contribution in [0.3, 0.4) is 0 Å². The second kappa shape index (κ2) is 8.97. The summed E-state index contributed by atoms with van der Waals surface area (Å²) in [4.78, 5) is 11.5. The third kappa shape index (κ3) is 4.76. The molecule has 31 heavy (non-hydrogen) atoms. The third-order valence-electron chi connectivity index (χ3n) is 5.47. The molecule has 0 amide bonds. The monoisotopic (exact) mass is 447 g/mol. The van der Waals surface area contributed by atoms with Gasteiger partial charge in [0.25, 0.3) is 0 Å². The van der Waals surface area contributed by atoms with Gasteiger partial charge in [0.2, 0.25) is 10.0 Å². The van der Waals surface area contributed by atoms with Gasteiger partial charge in [-0.1, -0.05) is 6.42 Å². The molecule has 1 saturated heterocycles. The second-order valence-electron chi connectivity index (χ2n) is 8.04. The lowest BCUT2D eigenvalue weighted by Crippen LogP contribution is -2.30. The molecule has 4 rings (SSSR count). The Kier molecular flexibility index (Phi) is 6.31. The fourth-order valence-corrected chi connectivity index (χ4v) is 4.88. The molecule has 0 saturated carbocycles. The van der Waals surface area contributed by atoms with E-state index in [1.54, 1.807) is 19.2 Å². The predicted octanol–water partition coefficient (Wildman–Crippen LogP) is 1.95. The molecule has 0 radical (unpaired) electrons. The molecular weight excluding hydrogens is 418 g/mol. The minimum absolute atomic E-state index is 0.0899. The molecule has 1 atom stereocenters. The summed E-state index contributed by atoms with van der Waals surface area (Å²) in [6.45, 7) is 1.94. The van der Waals surface area contributed by atoms with Crippen molar-refractivity contribution in [2.45, 2.75) is 36.7 Å². The minimum Gasteiger partial charge on any atom is -0.486 e. The minimum atomic E-state index is -3.73. The fraction of sp³-hybridized carbons (Fsp3) is 0.524.